The predicted octanol–water partition coefficient (Wildman–Crippen LogP) is 0.153. The molecule has 9 heavy (non-hydrogen) atoms. The first-order valence-corrected chi connectivity index (χ1v) is 3.79. The highest BCUT2D eigenvalue weighted by molar-refractivity contribution is 8.00. The average Bonchev–Trinajstić information content (AvgIpc) is 2.18. The Morgan fingerprint density at radius 1 is 1.89 bits per heavy atom. The number of hydrogen-bond acceptors (Lipinski definition) is 2. The van der Waals surface area contributed by atoms with E-state index < -0.39 is 0 Å². The Kier molecular flexibility index (Phi) is 2.01. The van der Waals surface area contributed by atoms with Gasteiger partial charge in [-0.25, -0.2) is 0 Å². The van der Waals surface area contributed by atoms with Crippen LogP contribution in [0.1, 0.15) is 0 Å². The van der Waals surface area contributed by atoms with Crippen molar-refractivity contribution in [2.24, 2.45) is 0 Å². The predicted molar refractivity (Wildman–Crippen MR) is 37.9 cm³/mol. The molecule has 3 heteroatoms. The van der Waals surface area contributed by atoms with Crippen molar-refractivity contribution in [2.45, 2.75) is 0 Å². The smallest absolute Gasteiger partial charge is 0.234 e. The molecule has 1 saturated heterocycles. The monoisotopic (exact) mass is 141 g/mol. The van der Waals surface area contributed by atoms with Gasteiger partial charge in [0, 0.05) is 0 Å². The Hall–Kier alpha value is -0.620. The molecule has 1 rings (SSSR count). The summed E-state index contributed by atoms with van der Waals surface area (Å²) in [5.74, 6) is 3.96. The highest BCUT2D eigenvalue weighted by Gasteiger charge is 2.18. The van der Waals surface area contributed by atoms with E-state index in [9.17, 15) is 4.79 Å². The fourth-order valence-corrected chi connectivity index (χ4v) is 1.55. The van der Waals surface area contributed by atoms with Gasteiger partial charge in [0.15, 0.2) is 0 Å². The van der Waals surface area contributed by atoms with Crippen LogP contribution in [-0.2, 0) is 4.79 Å². The van der Waals surface area contributed by atoms with Crippen LogP contribution in [0.3, 0.4) is 0 Å². The second-order valence-corrected chi connectivity index (χ2v) is 2.73. The molecule has 0 aliphatic carbocycles. The molecule has 1 heterocycles. The maximum absolute atomic E-state index is 10.8. The SMILES string of the molecule is C#CCN1CSCC1=O. The first-order valence-electron chi connectivity index (χ1n) is 2.63. The standard InChI is InChI=1S/C6H7NOS/c1-2-3-7-5-9-4-6(7)8/h1H,3-5H2. The topological polar surface area (TPSA) is 20.3 Å². The first-order chi connectivity index (χ1) is 4.34. The van der Waals surface area contributed by atoms with Gasteiger partial charge in [-0.1, -0.05) is 5.92 Å². The van der Waals surface area contributed by atoms with E-state index in [0.717, 1.165) is 5.88 Å². The van der Waals surface area contributed by atoms with Gasteiger partial charge in [0.25, 0.3) is 0 Å². The molecule has 0 aromatic heterocycles. The van der Waals surface area contributed by atoms with Crippen molar-refractivity contribution in [3.63, 3.8) is 0 Å². The Morgan fingerprint density at radius 3 is 3.11 bits per heavy atom. The van der Waals surface area contributed by atoms with Gasteiger partial charge in [0.05, 0.1) is 18.2 Å². The number of carbonyl (C=O) groups excluding carboxylic acids is 1. The van der Waals surface area contributed by atoms with E-state index in [4.69, 9.17) is 6.42 Å². The number of terminal acetylenes is 1. The molecule has 2 nitrogen and oxygen atoms in total. The number of amides is 1. The molecule has 0 unspecified atom stereocenters. The Labute approximate surface area is 58.6 Å². The van der Waals surface area contributed by atoms with Crippen molar-refractivity contribution in [2.75, 3.05) is 18.2 Å². The van der Waals surface area contributed by atoms with Gasteiger partial charge >= 0.3 is 0 Å². The largest absolute Gasteiger partial charge is 0.322 e. The summed E-state index contributed by atoms with van der Waals surface area (Å²) in [6.07, 6.45) is 5.02. The van der Waals surface area contributed by atoms with Gasteiger partial charge < -0.3 is 4.90 Å². The van der Waals surface area contributed by atoms with Crippen molar-refractivity contribution in [1.82, 2.24) is 4.90 Å². The molecule has 1 amide bonds. The number of carbonyl (C=O) groups is 1. The summed E-state index contributed by atoms with van der Waals surface area (Å²) in [6.45, 7) is 0.464. The molecule has 1 aliphatic heterocycles. The molecule has 0 radical (unpaired) electrons. The van der Waals surface area contributed by atoms with Crippen molar-refractivity contribution >= 4 is 17.7 Å². The molecular formula is C6H7NOS. The highest BCUT2D eigenvalue weighted by atomic mass is 32.2. The van der Waals surface area contributed by atoms with Crippen LogP contribution in [-0.4, -0.2) is 29.0 Å². The molecule has 48 valence electrons. The van der Waals surface area contributed by atoms with Crippen LogP contribution in [0.5, 0.6) is 0 Å². The third kappa shape index (κ3) is 1.39. The van der Waals surface area contributed by atoms with E-state index in [-0.39, 0.29) is 5.91 Å². The summed E-state index contributed by atoms with van der Waals surface area (Å²) < 4.78 is 0. The zero-order valence-corrected chi connectivity index (χ0v) is 5.78. The van der Waals surface area contributed by atoms with E-state index >= 15 is 0 Å². The van der Waals surface area contributed by atoms with Crippen LogP contribution < -0.4 is 0 Å². The van der Waals surface area contributed by atoms with Gasteiger partial charge in [0.1, 0.15) is 0 Å². The Morgan fingerprint density at radius 2 is 2.67 bits per heavy atom. The lowest BCUT2D eigenvalue weighted by Gasteiger charge is -2.08. The minimum absolute atomic E-state index is 0.165. The first kappa shape index (κ1) is 6.50. The minimum Gasteiger partial charge on any atom is -0.322 e. The molecule has 1 aliphatic rings. The summed E-state index contributed by atoms with van der Waals surface area (Å²) in [6, 6.07) is 0. The fourth-order valence-electron chi connectivity index (χ4n) is 0.650. The number of rotatable bonds is 1. The maximum Gasteiger partial charge on any atom is 0.234 e. The van der Waals surface area contributed by atoms with Crippen molar-refractivity contribution in [3.05, 3.63) is 0 Å². The van der Waals surface area contributed by atoms with Gasteiger partial charge in [-0.2, -0.15) is 0 Å². The van der Waals surface area contributed by atoms with Gasteiger partial charge in [-0.3, -0.25) is 4.79 Å². The summed E-state index contributed by atoms with van der Waals surface area (Å²) in [5.41, 5.74) is 0. The number of thioether (sulfide) groups is 1. The summed E-state index contributed by atoms with van der Waals surface area (Å²) in [4.78, 5) is 12.4. The summed E-state index contributed by atoms with van der Waals surface area (Å²) in [7, 11) is 0. The molecule has 0 bridgehead atoms. The Balaban J connectivity index is 2.42. The fraction of sp³-hybridized carbons (Fsp3) is 0.500. The van der Waals surface area contributed by atoms with E-state index in [2.05, 4.69) is 5.92 Å². The average molecular weight is 141 g/mol. The van der Waals surface area contributed by atoms with Crippen molar-refractivity contribution in [3.8, 4) is 12.3 Å². The van der Waals surface area contributed by atoms with Gasteiger partial charge in [-0.05, 0) is 0 Å². The molecule has 0 spiro atoms. The van der Waals surface area contributed by atoms with Crippen LogP contribution in [0, 0.1) is 12.3 Å². The Bertz CT molecular complexity index is 161. The quantitative estimate of drug-likeness (QED) is 0.484. The third-order valence-corrected chi connectivity index (χ3v) is 2.05. The normalized spacial score (nSPS) is 18.1. The van der Waals surface area contributed by atoms with Crippen LogP contribution >= 0.6 is 11.8 Å². The number of nitrogens with zero attached hydrogens (tertiary/aromatic N) is 1. The minimum atomic E-state index is 0.165. The summed E-state index contributed by atoms with van der Waals surface area (Å²) in [5, 5.41) is 0. The van der Waals surface area contributed by atoms with Gasteiger partial charge in [0.2, 0.25) is 5.91 Å². The van der Waals surface area contributed by atoms with Crippen LogP contribution in [0.25, 0.3) is 0 Å². The van der Waals surface area contributed by atoms with E-state index in [1.807, 2.05) is 0 Å². The van der Waals surface area contributed by atoms with Crippen LogP contribution in [0.2, 0.25) is 0 Å². The zero-order valence-electron chi connectivity index (χ0n) is 4.96. The molecule has 0 saturated carbocycles. The van der Waals surface area contributed by atoms with Crippen LogP contribution in [0.4, 0.5) is 0 Å². The third-order valence-electron chi connectivity index (χ3n) is 1.11. The number of hydrogen-bond donors (Lipinski definition) is 0. The van der Waals surface area contributed by atoms with Crippen LogP contribution in [0.15, 0.2) is 0 Å². The van der Waals surface area contributed by atoms with Crippen molar-refractivity contribution < 1.29 is 4.79 Å². The zero-order chi connectivity index (χ0) is 6.69. The molecule has 0 aromatic carbocycles. The highest BCUT2D eigenvalue weighted by Crippen LogP contribution is 2.13. The maximum atomic E-state index is 10.8. The summed E-state index contributed by atoms with van der Waals surface area (Å²) >= 11 is 1.61. The van der Waals surface area contributed by atoms with E-state index in [1.165, 1.54) is 0 Å². The van der Waals surface area contributed by atoms with Crippen molar-refractivity contribution in [1.29, 1.82) is 0 Å². The molecule has 0 N–H and O–H groups in total. The molecular weight excluding hydrogens is 134 g/mol. The molecule has 0 atom stereocenters. The lowest BCUT2D eigenvalue weighted by Crippen LogP contribution is -2.25. The second-order valence-electron chi connectivity index (χ2n) is 1.77. The lowest BCUT2D eigenvalue weighted by molar-refractivity contribution is -0.126. The van der Waals surface area contributed by atoms with E-state index in [1.54, 1.807) is 16.7 Å². The second kappa shape index (κ2) is 2.79. The molecule has 1 fully saturated rings. The van der Waals surface area contributed by atoms with E-state index in [0.29, 0.717) is 12.3 Å². The lowest BCUT2D eigenvalue weighted by atomic mass is 10.5. The molecule has 0 aromatic rings. The van der Waals surface area contributed by atoms with Gasteiger partial charge in [-0.15, -0.1) is 18.2 Å².